The fraction of sp³-hybridized carbons (Fsp3) is 0.579. The molecule has 7 heteroatoms. The van der Waals surface area contributed by atoms with Gasteiger partial charge in [0.1, 0.15) is 0 Å². The molecule has 2 aliphatic rings. The van der Waals surface area contributed by atoms with Gasteiger partial charge in [0.05, 0.1) is 19.7 Å². The van der Waals surface area contributed by atoms with Crippen LogP contribution in [0.3, 0.4) is 0 Å². The van der Waals surface area contributed by atoms with E-state index in [0.29, 0.717) is 19.0 Å². The molecule has 0 N–H and O–H groups in total. The number of amides is 2. The van der Waals surface area contributed by atoms with E-state index in [1.165, 1.54) is 18.1 Å². The fourth-order valence-electron chi connectivity index (χ4n) is 3.80. The van der Waals surface area contributed by atoms with E-state index >= 15 is 0 Å². The van der Waals surface area contributed by atoms with Crippen molar-refractivity contribution in [3.63, 3.8) is 0 Å². The molecule has 3 rings (SSSR count). The SMILES string of the molecule is COc1cc(CN2CC[C@H]3C[C@@H]2C(=O)N(CC(=O)N(C)C)C3)ccc1F. The van der Waals surface area contributed by atoms with Gasteiger partial charge >= 0.3 is 0 Å². The second kappa shape index (κ2) is 7.61. The van der Waals surface area contributed by atoms with Gasteiger partial charge in [-0.3, -0.25) is 14.5 Å². The smallest absolute Gasteiger partial charge is 0.241 e. The fourth-order valence-corrected chi connectivity index (χ4v) is 3.80. The number of carbonyl (C=O) groups is 2. The molecule has 0 aliphatic carbocycles. The van der Waals surface area contributed by atoms with Gasteiger partial charge in [-0.05, 0) is 43.0 Å². The van der Waals surface area contributed by atoms with Gasteiger partial charge in [0, 0.05) is 27.2 Å². The van der Waals surface area contributed by atoms with E-state index in [0.717, 1.165) is 24.9 Å². The van der Waals surface area contributed by atoms with Crippen molar-refractivity contribution in [1.29, 1.82) is 0 Å². The van der Waals surface area contributed by atoms with E-state index in [-0.39, 0.29) is 30.2 Å². The molecule has 1 aromatic rings. The molecular weight excluding hydrogens is 337 g/mol. The molecule has 6 nitrogen and oxygen atoms in total. The minimum absolute atomic E-state index is 0.0187. The van der Waals surface area contributed by atoms with Crippen LogP contribution in [-0.2, 0) is 16.1 Å². The summed E-state index contributed by atoms with van der Waals surface area (Å²) in [6.07, 6.45) is 1.82. The number of hydrogen-bond acceptors (Lipinski definition) is 4. The lowest BCUT2D eigenvalue weighted by atomic mass is 9.85. The zero-order chi connectivity index (χ0) is 18.8. The molecule has 2 fully saturated rings. The maximum absolute atomic E-state index is 13.6. The van der Waals surface area contributed by atoms with E-state index in [9.17, 15) is 14.0 Å². The molecule has 0 saturated carbocycles. The molecule has 0 aromatic heterocycles. The summed E-state index contributed by atoms with van der Waals surface area (Å²) in [5.41, 5.74) is 0.913. The first-order valence-corrected chi connectivity index (χ1v) is 8.94. The van der Waals surface area contributed by atoms with Crippen LogP contribution >= 0.6 is 0 Å². The molecule has 2 heterocycles. The number of methoxy groups -OCH3 is 1. The maximum Gasteiger partial charge on any atom is 0.241 e. The lowest BCUT2D eigenvalue weighted by molar-refractivity contribution is -0.150. The summed E-state index contributed by atoms with van der Waals surface area (Å²) in [6.45, 7) is 2.19. The van der Waals surface area contributed by atoms with Gasteiger partial charge in [0.2, 0.25) is 11.8 Å². The van der Waals surface area contributed by atoms with Crippen LogP contribution < -0.4 is 4.74 Å². The Balaban J connectivity index is 1.72. The van der Waals surface area contributed by atoms with Crippen LogP contribution in [0.15, 0.2) is 18.2 Å². The van der Waals surface area contributed by atoms with Crippen molar-refractivity contribution in [3.8, 4) is 5.75 Å². The third-order valence-corrected chi connectivity index (χ3v) is 5.32. The van der Waals surface area contributed by atoms with Crippen LogP contribution in [0, 0.1) is 11.7 Å². The van der Waals surface area contributed by atoms with Crippen LogP contribution in [-0.4, -0.2) is 73.4 Å². The number of halogens is 1. The molecule has 142 valence electrons. The Morgan fingerprint density at radius 3 is 2.85 bits per heavy atom. The van der Waals surface area contributed by atoms with Gasteiger partial charge in [-0.15, -0.1) is 0 Å². The standard InChI is InChI=1S/C19H26FN3O3/c1-21(2)18(24)12-23-11-14-6-7-22(16(8-14)19(23)25)10-13-4-5-15(20)17(9-13)26-3/h4-5,9,14,16H,6-8,10-12H2,1-3H3/t14-,16+/m0/s1. The number of fused-ring (bicyclic) bond motifs is 2. The Bertz CT molecular complexity index is 695. The summed E-state index contributed by atoms with van der Waals surface area (Å²) in [7, 11) is 4.84. The zero-order valence-electron chi connectivity index (χ0n) is 15.6. The van der Waals surface area contributed by atoms with E-state index < -0.39 is 5.82 Å². The molecule has 2 saturated heterocycles. The highest BCUT2D eigenvalue weighted by Gasteiger charge is 2.41. The first-order valence-electron chi connectivity index (χ1n) is 8.94. The third kappa shape index (κ3) is 3.82. The highest BCUT2D eigenvalue weighted by molar-refractivity contribution is 5.88. The minimum atomic E-state index is -0.392. The summed E-state index contributed by atoms with van der Waals surface area (Å²) in [5.74, 6) is 0.215. The van der Waals surface area contributed by atoms with Gasteiger partial charge in [0.25, 0.3) is 0 Å². The Hall–Kier alpha value is -2.15. The topological polar surface area (TPSA) is 53.1 Å². The van der Waals surface area contributed by atoms with Crippen molar-refractivity contribution < 1.29 is 18.7 Å². The first-order chi connectivity index (χ1) is 12.4. The quantitative estimate of drug-likeness (QED) is 0.792. The molecule has 0 unspecified atom stereocenters. The van der Waals surface area contributed by atoms with Crippen molar-refractivity contribution in [1.82, 2.24) is 14.7 Å². The molecule has 2 bridgehead atoms. The first kappa shape index (κ1) is 18.6. The minimum Gasteiger partial charge on any atom is -0.494 e. The number of likely N-dealkylation sites (N-methyl/N-ethyl adjacent to an activating group) is 1. The Labute approximate surface area is 153 Å². The van der Waals surface area contributed by atoms with Crippen LogP contribution in [0.4, 0.5) is 4.39 Å². The molecule has 0 spiro atoms. The highest BCUT2D eigenvalue weighted by Crippen LogP contribution is 2.31. The molecule has 2 aliphatic heterocycles. The van der Waals surface area contributed by atoms with Gasteiger partial charge in [0.15, 0.2) is 11.6 Å². The predicted octanol–water partition coefficient (Wildman–Crippen LogP) is 1.35. The van der Waals surface area contributed by atoms with Crippen LogP contribution in [0.2, 0.25) is 0 Å². The second-order valence-corrected chi connectivity index (χ2v) is 7.35. The van der Waals surface area contributed by atoms with Crippen molar-refractivity contribution in [2.45, 2.75) is 25.4 Å². The number of rotatable bonds is 5. The summed E-state index contributed by atoms with van der Waals surface area (Å²) >= 11 is 0. The molecular formula is C19H26FN3O3. The number of hydrogen-bond donors (Lipinski definition) is 0. The highest BCUT2D eigenvalue weighted by atomic mass is 19.1. The predicted molar refractivity (Wildman–Crippen MR) is 95.1 cm³/mol. The van der Waals surface area contributed by atoms with E-state index in [4.69, 9.17) is 4.74 Å². The van der Waals surface area contributed by atoms with Crippen LogP contribution in [0.25, 0.3) is 0 Å². The molecule has 2 atom stereocenters. The molecule has 26 heavy (non-hydrogen) atoms. The maximum atomic E-state index is 13.6. The van der Waals surface area contributed by atoms with Gasteiger partial charge < -0.3 is 14.5 Å². The largest absolute Gasteiger partial charge is 0.494 e. The number of likely N-dealkylation sites (tertiary alicyclic amines) is 2. The van der Waals surface area contributed by atoms with Gasteiger partial charge in [-0.25, -0.2) is 4.39 Å². The number of ether oxygens (including phenoxy) is 1. The molecule has 0 radical (unpaired) electrons. The van der Waals surface area contributed by atoms with E-state index in [2.05, 4.69) is 4.90 Å². The number of carbonyl (C=O) groups excluding carboxylic acids is 2. The molecule has 2 amide bonds. The summed E-state index contributed by atoms with van der Waals surface area (Å²) < 4.78 is 18.7. The van der Waals surface area contributed by atoms with Crippen molar-refractivity contribution in [2.24, 2.45) is 5.92 Å². The van der Waals surface area contributed by atoms with Crippen LogP contribution in [0.1, 0.15) is 18.4 Å². The van der Waals surface area contributed by atoms with Gasteiger partial charge in [-0.2, -0.15) is 0 Å². The van der Waals surface area contributed by atoms with Gasteiger partial charge in [-0.1, -0.05) is 6.07 Å². The average molecular weight is 363 g/mol. The third-order valence-electron chi connectivity index (χ3n) is 5.32. The number of piperidine rings is 2. The second-order valence-electron chi connectivity index (χ2n) is 7.35. The van der Waals surface area contributed by atoms with Crippen LogP contribution in [0.5, 0.6) is 5.75 Å². The van der Waals surface area contributed by atoms with E-state index in [1.807, 2.05) is 0 Å². The summed E-state index contributed by atoms with van der Waals surface area (Å²) in [6, 6.07) is 4.59. The lowest BCUT2D eigenvalue weighted by Gasteiger charge is -2.46. The number of nitrogens with zero attached hydrogens (tertiary/aromatic N) is 3. The molecule has 1 aromatic carbocycles. The monoisotopic (exact) mass is 363 g/mol. The van der Waals surface area contributed by atoms with Crippen molar-refractivity contribution >= 4 is 11.8 Å². The Morgan fingerprint density at radius 1 is 1.38 bits per heavy atom. The zero-order valence-corrected chi connectivity index (χ0v) is 15.6. The normalized spacial score (nSPS) is 23.1. The lowest BCUT2D eigenvalue weighted by Crippen LogP contribution is -2.59. The van der Waals surface area contributed by atoms with Crippen molar-refractivity contribution in [2.75, 3.05) is 40.8 Å². The average Bonchev–Trinajstić information content (AvgIpc) is 2.62. The van der Waals surface area contributed by atoms with Crippen molar-refractivity contribution in [3.05, 3.63) is 29.6 Å². The Morgan fingerprint density at radius 2 is 2.15 bits per heavy atom. The summed E-state index contributed by atoms with van der Waals surface area (Å²) in [4.78, 5) is 30.3. The Kier molecular flexibility index (Phi) is 5.46. The summed E-state index contributed by atoms with van der Waals surface area (Å²) in [5, 5.41) is 0. The number of benzene rings is 1. The van der Waals surface area contributed by atoms with E-state index in [1.54, 1.807) is 31.1 Å².